The lowest BCUT2D eigenvalue weighted by molar-refractivity contribution is 0.573. The lowest BCUT2D eigenvalue weighted by Gasteiger charge is -2.08. The Morgan fingerprint density at radius 1 is 1.25 bits per heavy atom. The van der Waals surface area contributed by atoms with E-state index in [0.717, 1.165) is 4.57 Å². The smallest absolute Gasteiger partial charge is 0.296 e. The lowest BCUT2D eigenvalue weighted by Crippen LogP contribution is -2.07. The second kappa shape index (κ2) is 5.10. The maximum atomic E-state index is 13.8. The van der Waals surface area contributed by atoms with Crippen LogP contribution in [0.25, 0.3) is 11.4 Å². The molecule has 0 aliphatic rings. The van der Waals surface area contributed by atoms with Crippen LogP contribution in [0.3, 0.4) is 0 Å². The first-order valence-electron chi connectivity index (χ1n) is 5.59. The minimum Gasteiger partial charge on any atom is -0.297 e. The molecule has 2 rings (SSSR count). The molecule has 1 aromatic heterocycles. The number of hydrogen-bond donors (Lipinski definition) is 0. The number of aromatic nitrogens is 3. The van der Waals surface area contributed by atoms with E-state index in [1.165, 1.54) is 13.0 Å². The first kappa shape index (κ1) is 14.9. The number of nitrogens with zero attached hydrogens (tertiary/aromatic N) is 3. The van der Waals surface area contributed by atoms with E-state index in [2.05, 4.69) is 10.2 Å². The van der Waals surface area contributed by atoms with Crippen molar-refractivity contribution < 1.29 is 17.2 Å². The van der Waals surface area contributed by atoms with Crippen molar-refractivity contribution in [2.45, 2.75) is 25.5 Å². The van der Waals surface area contributed by atoms with Gasteiger partial charge in [0.1, 0.15) is 11.6 Å². The van der Waals surface area contributed by atoms with E-state index in [-0.39, 0.29) is 23.5 Å². The van der Waals surface area contributed by atoms with Gasteiger partial charge in [-0.1, -0.05) is 0 Å². The van der Waals surface area contributed by atoms with Crippen molar-refractivity contribution in [3.05, 3.63) is 29.3 Å². The molecule has 2 aromatic rings. The lowest BCUT2D eigenvalue weighted by atomic mass is 10.1. The molecule has 0 aliphatic heterocycles. The van der Waals surface area contributed by atoms with Gasteiger partial charge >= 0.3 is 0 Å². The third-order valence-corrected chi connectivity index (χ3v) is 3.89. The summed E-state index contributed by atoms with van der Waals surface area (Å²) in [4.78, 5) is 0. The monoisotopic (exact) mass is 321 g/mol. The Bertz CT molecular complexity index is 774. The van der Waals surface area contributed by atoms with Crippen LogP contribution < -0.4 is 0 Å². The average Bonchev–Trinajstić information content (AvgIpc) is 2.77. The zero-order chi connectivity index (χ0) is 15.1. The maximum absolute atomic E-state index is 13.8. The molecule has 1 aromatic carbocycles. The van der Waals surface area contributed by atoms with Crippen LogP contribution in [-0.4, -0.2) is 23.2 Å². The topological polar surface area (TPSA) is 64.8 Å². The van der Waals surface area contributed by atoms with Crippen molar-refractivity contribution in [3.8, 4) is 11.4 Å². The third-order valence-electron chi connectivity index (χ3n) is 2.74. The number of hydrogen-bond acceptors (Lipinski definition) is 4. The Labute approximate surface area is 118 Å². The Morgan fingerprint density at radius 3 is 2.45 bits per heavy atom. The van der Waals surface area contributed by atoms with Crippen molar-refractivity contribution >= 4 is 19.7 Å². The van der Waals surface area contributed by atoms with E-state index in [1.807, 2.05) is 0 Å². The maximum Gasteiger partial charge on any atom is 0.296 e. The van der Waals surface area contributed by atoms with Crippen LogP contribution in [0.1, 0.15) is 12.5 Å². The number of rotatable bonds is 3. The van der Waals surface area contributed by atoms with Crippen molar-refractivity contribution in [2.75, 3.05) is 0 Å². The molecule has 0 fully saturated rings. The van der Waals surface area contributed by atoms with Gasteiger partial charge in [-0.2, -0.15) is 0 Å². The third kappa shape index (κ3) is 2.53. The van der Waals surface area contributed by atoms with Crippen LogP contribution in [0.15, 0.2) is 17.3 Å². The molecular formula is C11H10ClF2N3O2S. The van der Waals surface area contributed by atoms with Crippen LogP contribution in [0.5, 0.6) is 0 Å². The Hall–Kier alpha value is -1.54. The molecule has 0 bridgehead atoms. The molecule has 0 unspecified atom stereocenters. The molecule has 20 heavy (non-hydrogen) atoms. The van der Waals surface area contributed by atoms with Crippen molar-refractivity contribution in [1.82, 2.24) is 14.8 Å². The van der Waals surface area contributed by atoms with Gasteiger partial charge in [0.05, 0.1) is 5.56 Å². The van der Waals surface area contributed by atoms with E-state index < -0.39 is 25.8 Å². The van der Waals surface area contributed by atoms with Crippen molar-refractivity contribution in [1.29, 1.82) is 0 Å². The zero-order valence-corrected chi connectivity index (χ0v) is 12.1. The summed E-state index contributed by atoms with van der Waals surface area (Å²) >= 11 is 0. The van der Waals surface area contributed by atoms with Gasteiger partial charge in [0.15, 0.2) is 5.82 Å². The summed E-state index contributed by atoms with van der Waals surface area (Å²) in [5.74, 6) is -1.57. The first-order chi connectivity index (χ1) is 9.25. The molecule has 9 heteroatoms. The fraction of sp³-hybridized carbons (Fsp3) is 0.273. The molecule has 5 nitrogen and oxygen atoms in total. The van der Waals surface area contributed by atoms with Gasteiger partial charge < -0.3 is 0 Å². The number of halogens is 3. The Kier molecular flexibility index (Phi) is 3.79. The normalized spacial score (nSPS) is 11.8. The van der Waals surface area contributed by atoms with Crippen LogP contribution in [0, 0.1) is 18.6 Å². The molecule has 0 spiro atoms. The van der Waals surface area contributed by atoms with Gasteiger partial charge in [-0.3, -0.25) is 4.57 Å². The Morgan fingerprint density at radius 2 is 1.90 bits per heavy atom. The van der Waals surface area contributed by atoms with Crippen molar-refractivity contribution in [3.63, 3.8) is 0 Å². The summed E-state index contributed by atoms with van der Waals surface area (Å²) in [5.41, 5.74) is 0.173. The minimum atomic E-state index is -4.10. The van der Waals surface area contributed by atoms with Gasteiger partial charge in [-0.25, -0.2) is 17.2 Å². The molecule has 0 N–H and O–H groups in total. The van der Waals surface area contributed by atoms with Crippen molar-refractivity contribution in [2.24, 2.45) is 0 Å². The molecular weight excluding hydrogens is 312 g/mol. The number of benzene rings is 1. The van der Waals surface area contributed by atoms with Crippen LogP contribution in [-0.2, 0) is 15.6 Å². The molecule has 0 radical (unpaired) electrons. The van der Waals surface area contributed by atoms with E-state index in [1.54, 1.807) is 6.92 Å². The highest BCUT2D eigenvalue weighted by Crippen LogP contribution is 2.26. The summed E-state index contributed by atoms with van der Waals surface area (Å²) in [6, 6.07) is 1.96. The average molecular weight is 322 g/mol. The first-order valence-corrected chi connectivity index (χ1v) is 7.90. The highest BCUT2D eigenvalue weighted by Gasteiger charge is 2.24. The van der Waals surface area contributed by atoms with E-state index in [4.69, 9.17) is 10.7 Å². The van der Waals surface area contributed by atoms with Crippen LogP contribution in [0.2, 0.25) is 0 Å². The Balaban J connectivity index is 2.72. The second-order valence-electron chi connectivity index (χ2n) is 4.07. The van der Waals surface area contributed by atoms with Gasteiger partial charge in [-0.15, -0.1) is 10.2 Å². The van der Waals surface area contributed by atoms with E-state index in [0.29, 0.717) is 6.07 Å². The molecule has 0 saturated carbocycles. The SMILES string of the molecule is CCn1c(-c2cc(C)c(F)cc2F)nnc1S(=O)(=O)Cl. The van der Waals surface area contributed by atoms with E-state index in [9.17, 15) is 17.2 Å². The predicted octanol–water partition coefficient (Wildman–Crippen LogP) is 2.48. The highest BCUT2D eigenvalue weighted by atomic mass is 35.7. The predicted molar refractivity (Wildman–Crippen MR) is 68.8 cm³/mol. The summed E-state index contributed by atoms with van der Waals surface area (Å²) in [7, 11) is 1.14. The molecule has 0 aliphatic carbocycles. The largest absolute Gasteiger partial charge is 0.297 e. The fourth-order valence-corrected chi connectivity index (χ4v) is 2.74. The molecule has 0 atom stereocenters. The van der Waals surface area contributed by atoms with Gasteiger partial charge in [0, 0.05) is 23.3 Å². The summed E-state index contributed by atoms with van der Waals surface area (Å²) in [6.07, 6.45) is 0. The van der Waals surface area contributed by atoms with E-state index >= 15 is 0 Å². The molecule has 1 heterocycles. The molecule has 0 amide bonds. The fourth-order valence-electron chi connectivity index (χ4n) is 1.78. The quantitative estimate of drug-likeness (QED) is 0.815. The summed E-state index contributed by atoms with van der Waals surface area (Å²) in [6.45, 7) is 3.26. The molecule has 108 valence electrons. The number of aryl methyl sites for hydroxylation is 1. The summed E-state index contributed by atoms with van der Waals surface area (Å²) < 4.78 is 50.9. The zero-order valence-electron chi connectivity index (χ0n) is 10.6. The highest BCUT2D eigenvalue weighted by molar-refractivity contribution is 8.13. The second-order valence-corrected chi connectivity index (χ2v) is 6.53. The van der Waals surface area contributed by atoms with Gasteiger partial charge in [0.2, 0.25) is 0 Å². The van der Waals surface area contributed by atoms with Crippen LogP contribution in [0.4, 0.5) is 8.78 Å². The van der Waals surface area contributed by atoms with Gasteiger partial charge in [-0.05, 0) is 25.5 Å². The summed E-state index contributed by atoms with van der Waals surface area (Å²) in [5, 5.41) is 6.63. The standard InChI is InChI=1S/C11H10ClF2N3O2S/c1-3-17-10(15-16-11(17)20(12,18)19)7-4-6(2)8(13)5-9(7)14/h4-5H,3H2,1-2H3. The minimum absolute atomic E-state index is 0.0210. The van der Waals surface area contributed by atoms with Gasteiger partial charge in [0.25, 0.3) is 14.2 Å². The molecule has 0 saturated heterocycles. The van der Waals surface area contributed by atoms with Crippen LogP contribution >= 0.6 is 10.7 Å².